The second kappa shape index (κ2) is 6.67. The molecule has 3 rings (SSSR count). The van der Waals surface area contributed by atoms with Crippen LogP contribution in [0.15, 0.2) is 40.4 Å². The summed E-state index contributed by atoms with van der Waals surface area (Å²) in [5, 5.41) is 11.2. The third-order valence-electron chi connectivity index (χ3n) is 3.29. The number of primary sulfonamides is 1. The second-order valence-electron chi connectivity index (χ2n) is 5.11. The molecule has 1 aromatic heterocycles. The van der Waals surface area contributed by atoms with Crippen LogP contribution in [0.2, 0.25) is 0 Å². The van der Waals surface area contributed by atoms with Crippen molar-refractivity contribution < 1.29 is 13.2 Å². The number of carbonyl (C=O) groups is 1. The topological polar surface area (TPSA) is 127 Å². The summed E-state index contributed by atoms with van der Waals surface area (Å²) in [5.41, 5.74) is 0.922. The summed E-state index contributed by atoms with van der Waals surface area (Å²) >= 11 is 1.36. The van der Waals surface area contributed by atoms with E-state index in [9.17, 15) is 13.2 Å². The van der Waals surface area contributed by atoms with Gasteiger partial charge >= 0.3 is 0 Å². The number of nitrogens with zero attached hydrogens (tertiary/aromatic N) is 2. The van der Waals surface area contributed by atoms with E-state index in [1.807, 2.05) is 0 Å². The Labute approximate surface area is 142 Å². The fourth-order valence-electron chi connectivity index (χ4n) is 2.15. The molecule has 1 aromatic carbocycles. The molecule has 0 radical (unpaired) electrons. The number of hydrogen-bond acceptors (Lipinski definition) is 7. The van der Waals surface area contributed by atoms with Gasteiger partial charge in [-0.2, -0.15) is 0 Å². The van der Waals surface area contributed by atoms with Crippen LogP contribution in [0.1, 0.15) is 10.4 Å². The lowest BCUT2D eigenvalue weighted by Gasteiger charge is -2.02. The number of hydrogen-bond donors (Lipinski definition) is 3. The predicted octanol–water partition coefficient (Wildman–Crippen LogP) is 0.321. The highest BCUT2D eigenvalue weighted by Crippen LogP contribution is 2.21. The van der Waals surface area contributed by atoms with Crippen LogP contribution in [-0.4, -0.2) is 38.2 Å². The number of sulfonamides is 1. The van der Waals surface area contributed by atoms with Crippen LogP contribution in [0.3, 0.4) is 0 Å². The summed E-state index contributed by atoms with van der Waals surface area (Å²) < 4.78 is 22.5. The number of rotatable bonds is 5. The molecule has 126 valence electrons. The van der Waals surface area contributed by atoms with Gasteiger partial charge in [0.25, 0.3) is 5.91 Å². The first-order chi connectivity index (χ1) is 11.4. The molecule has 1 aliphatic rings. The lowest BCUT2D eigenvalue weighted by molar-refractivity contribution is -0.110. The maximum absolute atomic E-state index is 11.9. The molecule has 2 heterocycles. The zero-order chi connectivity index (χ0) is 17.2. The molecule has 0 bridgehead atoms. The Morgan fingerprint density at radius 3 is 2.71 bits per heavy atom. The number of nitrogens with two attached hydrogens (primary N) is 1. The highest BCUT2D eigenvalue weighted by atomic mass is 32.2. The van der Waals surface area contributed by atoms with E-state index in [1.165, 1.54) is 23.5 Å². The molecule has 0 aliphatic carbocycles. The summed E-state index contributed by atoms with van der Waals surface area (Å²) in [6, 6.07) is 6.35. The van der Waals surface area contributed by atoms with Gasteiger partial charge in [0.2, 0.25) is 10.0 Å². The Bertz CT molecular complexity index is 887. The van der Waals surface area contributed by atoms with Crippen LogP contribution < -0.4 is 15.8 Å². The number of amides is 1. The molecule has 0 unspecified atom stereocenters. The number of thiazole rings is 1. The van der Waals surface area contributed by atoms with Gasteiger partial charge in [0.05, 0.1) is 11.4 Å². The van der Waals surface area contributed by atoms with Crippen molar-refractivity contribution in [2.24, 2.45) is 10.1 Å². The van der Waals surface area contributed by atoms with Crippen molar-refractivity contribution in [2.45, 2.75) is 11.3 Å². The van der Waals surface area contributed by atoms with Gasteiger partial charge in [-0.1, -0.05) is 12.1 Å². The van der Waals surface area contributed by atoms with E-state index in [0.717, 1.165) is 10.4 Å². The van der Waals surface area contributed by atoms with Crippen LogP contribution >= 0.6 is 11.3 Å². The molecule has 10 heteroatoms. The summed E-state index contributed by atoms with van der Waals surface area (Å²) in [6.07, 6.45) is 2.26. The van der Waals surface area contributed by atoms with Gasteiger partial charge in [-0.15, -0.1) is 11.3 Å². The van der Waals surface area contributed by atoms with Gasteiger partial charge in [0, 0.05) is 24.0 Å². The molecule has 0 fully saturated rings. The van der Waals surface area contributed by atoms with Crippen molar-refractivity contribution in [3.63, 3.8) is 0 Å². The number of aromatic nitrogens is 1. The smallest absolute Gasteiger partial charge is 0.292 e. The fourth-order valence-corrected chi connectivity index (χ4v) is 3.51. The van der Waals surface area contributed by atoms with E-state index >= 15 is 0 Å². The number of carbonyl (C=O) groups excluding carboxylic acids is 1. The van der Waals surface area contributed by atoms with Crippen molar-refractivity contribution in [2.75, 3.05) is 18.4 Å². The van der Waals surface area contributed by atoms with Gasteiger partial charge in [0.15, 0.2) is 11.0 Å². The molecule has 24 heavy (non-hydrogen) atoms. The summed E-state index contributed by atoms with van der Waals surface area (Å²) in [6.45, 7) is 1.26. The number of aliphatic imine (C=N–C) groups is 1. The molecular formula is C14H15N5O3S2. The number of nitrogens with one attached hydrogen (secondary N) is 2. The van der Waals surface area contributed by atoms with E-state index in [0.29, 0.717) is 30.5 Å². The highest BCUT2D eigenvalue weighted by molar-refractivity contribution is 7.89. The van der Waals surface area contributed by atoms with Crippen molar-refractivity contribution >= 4 is 38.2 Å². The highest BCUT2D eigenvalue weighted by Gasteiger charge is 2.16. The van der Waals surface area contributed by atoms with E-state index in [-0.39, 0.29) is 10.8 Å². The molecule has 0 saturated heterocycles. The third kappa shape index (κ3) is 3.96. The van der Waals surface area contributed by atoms with Crippen LogP contribution in [0.25, 0.3) is 0 Å². The van der Waals surface area contributed by atoms with E-state index in [4.69, 9.17) is 5.14 Å². The van der Waals surface area contributed by atoms with E-state index in [1.54, 1.807) is 18.3 Å². The molecule has 1 amide bonds. The van der Waals surface area contributed by atoms with Crippen molar-refractivity contribution in [3.8, 4) is 0 Å². The zero-order valence-electron chi connectivity index (χ0n) is 12.5. The average molecular weight is 365 g/mol. The maximum Gasteiger partial charge on any atom is 0.292 e. The van der Waals surface area contributed by atoms with E-state index < -0.39 is 10.0 Å². The molecule has 0 spiro atoms. The normalized spacial score (nSPS) is 14.1. The van der Waals surface area contributed by atoms with Crippen molar-refractivity contribution in [1.82, 2.24) is 10.3 Å². The average Bonchev–Trinajstić information content (AvgIpc) is 3.19. The first-order valence-electron chi connectivity index (χ1n) is 7.08. The maximum atomic E-state index is 11.9. The molecule has 1 aliphatic heterocycles. The minimum Gasteiger partial charge on any atom is -0.364 e. The summed E-state index contributed by atoms with van der Waals surface area (Å²) in [7, 11) is -3.68. The van der Waals surface area contributed by atoms with Gasteiger partial charge in [0.1, 0.15) is 0 Å². The van der Waals surface area contributed by atoms with Crippen LogP contribution in [0.4, 0.5) is 5.13 Å². The monoisotopic (exact) mass is 365 g/mol. The minimum atomic E-state index is -3.68. The predicted molar refractivity (Wildman–Crippen MR) is 91.7 cm³/mol. The van der Waals surface area contributed by atoms with Gasteiger partial charge < -0.3 is 5.32 Å². The van der Waals surface area contributed by atoms with Crippen LogP contribution in [0.5, 0.6) is 0 Å². The Morgan fingerprint density at radius 2 is 2.08 bits per heavy atom. The number of amidine groups is 1. The van der Waals surface area contributed by atoms with Gasteiger partial charge in [-0.25, -0.2) is 18.5 Å². The SMILES string of the molecule is NS(=O)(=O)c1ccc(Cc2cnc(NC(=O)C3=NCCN3)s2)cc1. The first kappa shape index (κ1) is 16.6. The first-order valence-corrected chi connectivity index (χ1v) is 9.44. The number of anilines is 1. The summed E-state index contributed by atoms with van der Waals surface area (Å²) in [4.78, 5) is 21.1. The second-order valence-corrected chi connectivity index (χ2v) is 7.79. The molecule has 0 saturated carbocycles. The Hall–Kier alpha value is -2.30. The standard InChI is InChI=1S/C14H15N5O3S2/c15-24(21,22)11-3-1-9(2-4-11)7-10-8-18-14(23-10)19-13(20)12-16-5-6-17-12/h1-4,8H,5-7H2,(H,16,17)(H2,15,21,22)(H,18,19,20). The van der Waals surface area contributed by atoms with E-state index in [2.05, 4.69) is 20.6 Å². The Kier molecular flexibility index (Phi) is 4.60. The third-order valence-corrected chi connectivity index (χ3v) is 5.14. The molecule has 0 atom stereocenters. The molecular weight excluding hydrogens is 350 g/mol. The largest absolute Gasteiger partial charge is 0.364 e. The molecule has 2 aromatic rings. The van der Waals surface area contributed by atoms with Crippen LogP contribution in [-0.2, 0) is 21.2 Å². The molecule has 8 nitrogen and oxygen atoms in total. The minimum absolute atomic E-state index is 0.0772. The quantitative estimate of drug-likeness (QED) is 0.703. The lowest BCUT2D eigenvalue weighted by Crippen LogP contribution is -2.32. The zero-order valence-corrected chi connectivity index (χ0v) is 14.2. The molecule has 4 N–H and O–H groups in total. The van der Waals surface area contributed by atoms with Crippen molar-refractivity contribution in [3.05, 3.63) is 40.9 Å². The van der Waals surface area contributed by atoms with Gasteiger partial charge in [-0.3, -0.25) is 15.1 Å². The Morgan fingerprint density at radius 1 is 1.33 bits per heavy atom. The number of benzene rings is 1. The van der Waals surface area contributed by atoms with Crippen LogP contribution in [0, 0.1) is 0 Å². The fraction of sp³-hybridized carbons (Fsp3) is 0.214. The summed E-state index contributed by atoms with van der Waals surface area (Å²) in [5.74, 6) is 0.0243. The lowest BCUT2D eigenvalue weighted by atomic mass is 10.1. The van der Waals surface area contributed by atoms with Gasteiger partial charge in [-0.05, 0) is 17.7 Å². The Balaban J connectivity index is 1.64. The van der Waals surface area contributed by atoms with Crippen molar-refractivity contribution in [1.29, 1.82) is 0 Å².